The summed E-state index contributed by atoms with van der Waals surface area (Å²) < 4.78 is 41.0. The average Bonchev–Trinajstić information content (AvgIpc) is 3.14. The van der Waals surface area contributed by atoms with E-state index in [9.17, 15) is 18.0 Å². The number of hydrogen-bond donors (Lipinski definition) is 1. The summed E-state index contributed by atoms with van der Waals surface area (Å²) >= 11 is 0. The van der Waals surface area contributed by atoms with E-state index in [-0.39, 0.29) is 5.69 Å². The van der Waals surface area contributed by atoms with Crippen molar-refractivity contribution >= 4 is 23.1 Å². The second-order valence-corrected chi connectivity index (χ2v) is 6.25. The highest BCUT2D eigenvalue weighted by Crippen LogP contribution is 2.24. The highest BCUT2D eigenvalue weighted by atomic mass is 19.2. The van der Waals surface area contributed by atoms with E-state index in [0.717, 1.165) is 18.6 Å². The lowest BCUT2D eigenvalue weighted by Gasteiger charge is -2.32. The van der Waals surface area contributed by atoms with Gasteiger partial charge in [-0.15, -0.1) is 14.8 Å². The van der Waals surface area contributed by atoms with E-state index in [0.29, 0.717) is 31.0 Å². The number of rotatable bonds is 3. The predicted octanol–water partition coefficient (Wildman–Crippen LogP) is 1.79. The normalized spacial score (nSPS) is 17.3. The summed E-state index contributed by atoms with van der Waals surface area (Å²) in [6.45, 7) is 1.07. The van der Waals surface area contributed by atoms with Crippen LogP contribution < -0.4 is 10.2 Å². The van der Waals surface area contributed by atoms with Crippen molar-refractivity contribution < 1.29 is 18.0 Å². The second kappa shape index (κ2) is 6.82. The van der Waals surface area contributed by atoms with Crippen LogP contribution in [0, 0.1) is 23.4 Å². The van der Waals surface area contributed by atoms with E-state index in [1.54, 1.807) is 12.1 Å². The molecule has 27 heavy (non-hydrogen) atoms. The van der Waals surface area contributed by atoms with Crippen molar-refractivity contribution in [3.05, 3.63) is 41.7 Å². The van der Waals surface area contributed by atoms with E-state index in [1.165, 1.54) is 4.63 Å². The molecule has 1 aliphatic heterocycles. The predicted molar refractivity (Wildman–Crippen MR) is 88.5 cm³/mol. The minimum atomic E-state index is -1.57. The molecule has 8 nitrogen and oxygen atoms in total. The molecule has 3 aromatic rings. The molecule has 1 amide bonds. The Balaban J connectivity index is 1.48. The third-order valence-corrected chi connectivity index (χ3v) is 4.42. The topological polar surface area (TPSA) is 88.3 Å². The molecule has 3 heterocycles. The van der Waals surface area contributed by atoms with Crippen molar-refractivity contribution in [1.29, 1.82) is 0 Å². The fourth-order valence-corrected chi connectivity index (χ4v) is 3.08. The van der Waals surface area contributed by atoms with Crippen LogP contribution in [0.15, 0.2) is 24.3 Å². The maximum Gasteiger partial charge on any atom is 0.229 e. The van der Waals surface area contributed by atoms with Gasteiger partial charge < -0.3 is 10.2 Å². The molecule has 1 aliphatic rings. The second-order valence-electron chi connectivity index (χ2n) is 6.25. The average molecular weight is 377 g/mol. The van der Waals surface area contributed by atoms with Crippen molar-refractivity contribution in [1.82, 2.24) is 25.3 Å². The Morgan fingerprint density at radius 2 is 1.96 bits per heavy atom. The number of halogens is 3. The summed E-state index contributed by atoms with van der Waals surface area (Å²) in [4.78, 5) is 14.4. The van der Waals surface area contributed by atoms with E-state index in [1.807, 2.05) is 4.90 Å². The zero-order valence-corrected chi connectivity index (χ0v) is 13.9. The van der Waals surface area contributed by atoms with Crippen LogP contribution in [0.25, 0.3) is 5.65 Å². The maximum atomic E-state index is 13.3. The molecule has 1 saturated heterocycles. The van der Waals surface area contributed by atoms with Crippen LogP contribution in [0.2, 0.25) is 0 Å². The number of fused-ring (bicyclic) bond motifs is 1. The third kappa shape index (κ3) is 3.39. The number of nitrogens with zero attached hydrogens (tertiary/aromatic N) is 6. The lowest BCUT2D eigenvalue weighted by Crippen LogP contribution is -2.41. The number of amides is 1. The van der Waals surface area contributed by atoms with Gasteiger partial charge in [-0.2, -0.15) is 0 Å². The van der Waals surface area contributed by atoms with Crippen LogP contribution in [0.1, 0.15) is 12.8 Å². The summed E-state index contributed by atoms with van der Waals surface area (Å²) in [6, 6.07) is 4.99. The number of anilines is 2. The van der Waals surface area contributed by atoms with Gasteiger partial charge in [-0.1, -0.05) is 0 Å². The standard InChI is InChI=1S/C16H14F3N7O/c17-11-6-10(7-12(18)15(11)19)20-16(27)9-2-1-5-25(8-9)14-4-3-13-21-23-24-26(13)22-14/h3-4,6-7,9H,1-2,5,8H2,(H,20,27). The Hall–Kier alpha value is -3.24. The minimum Gasteiger partial charge on any atom is -0.354 e. The molecule has 0 spiro atoms. The monoisotopic (exact) mass is 377 g/mol. The maximum absolute atomic E-state index is 13.3. The van der Waals surface area contributed by atoms with Crippen molar-refractivity contribution in [3.63, 3.8) is 0 Å². The lowest BCUT2D eigenvalue weighted by atomic mass is 9.97. The van der Waals surface area contributed by atoms with Gasteiger partial charge >= 0.3 is 0 Å². The van der Waals surface area contributed by atoms with Gasteiger partial charge in [0.05, 0.1) is 5.92 Å². The first-order valence-electron chi connectivity index (χ1n) is 8.27. The Kier molecular flexibility index (Phi) is 4.34. The van der Waals surface area contributed by atoms with Gasteiger partial charge in [-0.05, 0) is 35.4 Å². The number of hydrogen-bond acceptors (Lipinski definition) is 6. The molecule has 1 unspecified atom stereocenters. The van der Waals surface area contributed by atoms with Gasteiger partial charge in [0.2, 0.25) is 5.91 Å². The van der Waals surface area contributed by atoms with Crippen LogP contribution in [-0.4, -0.2) is 44.3 Å². The molecular formula is C16H14F3N7O. The molecule has 0 aliphatic carbocycles. The Morgan fingerprint density at radius 3 is 2.74 bits per heavy atom. The summed E-state index contributed by atoms with van der Waals surface area (Å²) in [5.41, 5.74) is 0.382. The van der Waals surface area contributed by atoms with Crippen LogP contribution >= 0.6 is 0 Å². The molecule has 0 bridgehead atoms. The van der Waals surface area contributed by atoms with Crippen LogP contribution in [-0.2, 0) is 4.79 Å². The Bertz CT molecular complexity index is 986. The smallest absolute Gasteiger partial charge is 0.229 e. The number of nitrogens with one attached hydrogen (secondary N) is 1. The van der Waals surface area contributed by atoms with Crippen molar-refractivity contribution in [2.75, 3.05) is 23.3 Å². The number of tetrazole rings is 1. The summed E-state index contributed by atoms with van der Waals surface area (Å²) in [5, 5.41) is 17.8. The van der Waals surface area contributed by atoms with E-state index < -0.39 is 29.3 Å². The number of carbonyl (C=O) groups excluding carboxylic acids is 1. The highest BCUT2D eigenvalue weighted by Gasteiger charge is 2.27. The zero-order valence-electron chi connectivity index (χ0n) is 13.9. The number of aromatic nitrogens is 5. The molecule has 2 aromatic heterocycles. The molecule has 1 atom stereocenters. The van der Waals surface area contributed by atoms with Crippen LogP contribution in [0.5, 0.6) is 0 Å². The zero-order chi connectivity index (χ0) is 19.0. The van der Waals surface area contributed by atoms with Gasteiger partial charge in [-0.3, -0.25) is 4.79 Å². The first kappa shape index (κ1) is 17.2. The van der Waals surface area contributed by atoms with E-state index in [4.69, 9.17) is 0 Å². The van der Waals surface area contributed by atoms with Crippen molar-refractivity contribution in [2.24, 2.45) is 5.92 Å². The third-order valence-electron chi connectivity index (χ3n) is 4.42. The fourth-order valence-electron chi connectivity index (χ4n) is 3.08. The molecule has 140 valence electrons. The van der Waals surface area contributed by atoms with Crippen LogP contribution in [0.3, 0.4) is 0 Å². The Labute approximate surface area is 151 Å². The number of benzene rings is 1. The van der Waals surface area contributed by atoms with Gasteiger partial charge in [0.1, 0.15) is 0 Å². The van der Waals surface area contributed by atoms with Crippen molar-refractivity contribution in [3.8, 4) is 0 Å². The first-order valence-corrected chi connectivity index (χ1v) is 8.27. The van der Waals surface area contributed by atoms with Crippen molar-refractivity contribution in [2.45, 2.75) is 12.8 Å². The van der Waals surface area contributed by atoms with Gasteiger partial charge in [0.15, 0.2) is 28.9 Å². The largest absolute Gasteiger partial charge is 0.354 e. The Morgan fingerprint density at radius 1 is 1.19 bits per heavy atom. The van der Waals surface area contributed by atoms with Gasteiger partial charge in [0, 0.05) is 30.9 Å². The summed E-state index contributed by atoms with van der Waals surface area (Å²) in [7, 11) is 0. The number of carbonyl (C=O) groups is 1. The van der Waals surface area contributed by atoms with E-state index in [2.05, 4.69) is 25.9 Å². The first-order chi connectivity index (χ1) is 13.0. The van der Waals surface area contributed by atoms with Gasteiger partial charge in [0.25, 0.3) is 0 Å². The summed E-state index contributed by atoms with van der Waals surface area (Å²) in [5.74, 6) is -4.47. The molecular weight excluding hydrogens is 363 g/mol. The SMILES string of the molecule is O=C(Nc1cc(F)c(F)c(F)c1)C1CCCN(c2ccc3nnnn3n2)C1. The minimum absolute atomic E-state index is 0.123. The molecule has 11 heteroatoms. The molecule has 0 saturated carbocycles. The fraction of sp³-hybridized carbons (Fsp3) is 0.312. The highest BCUT2D eigenvalue weighted by molar-refractivity contribution is 5.93. The lowest BCUT2D eigenvalue weighted by molar-refractivity contribution is -0.120. The molecule has 0 radical (unpaired) electrons. The molecule has 1 aromatic carbocycles. The van der Waals surface area contributed by atoms with E-state index >= 15 is 0 Å². The molecule has 1 fully saturated rings. The quantitative estimate of drug-likeness (QED) is 0.700. The van der Waals surface area contributed by atoms with Gasteiger partial charge in [-0.25, -0.2) is 13.2 Å². The summed E-state index contributed by atoms with van der Waals surface area (Å²) in [6.07, 6.45) is 1.35. The molecule has 1 N–H and O–H groups in total. The number of piperidine rings is 1. The molecule has 4 rings (SSSR count). The van der Waals surface area contributed by atoms with Crippen LogP contribution in [0.4, 0.5) is 24.7 Å².